The second-order valence-corrected chi connectivity index (χ2v) is 8.82. The molecule has 0 aliphatic heterocycles. The molecule has 2 N–H and O–H groups in total. The van der Waals surface area contributed by atoms with E-state index in [4.69, 9.17) is 19.3 Å². The molecule has 0 bridgehead atoms. The summed E-state index contributed by atoms with van der Waals surface area (Å²) in [4.78, 5) is 47.2. The number of ether oxygens (including phenoxy) is 3. The zero-order valence-electron chi connectivity index (χ0n) is 22.2. The maximum atomic E-state index is 12.8. The number of hydrogen-bond donors (Lipinski definition) is 2. The van der Waals surface area contributed by atoms with Gasteiger partial charge < -0.3 is 24.4 Å². The lowest BCUT2D eigenvalue weighted by molar-refractivity contribution is -0.179. The number of carboxylic acids is 1. The van der Waals surface area contributed by atoms with Crippen molar-refractivity contribution in [3.05, 3.63) is 120 Å². The number of carbonyl (C=O) groups excluding carboxylic acids is 3. The molecule has 0 unspecified atom stereocenters. The number of benzene rings is 3. The lowest BCUT2D eigenvalue weighted by Crippen LogP contribution is -2.44. The molecule has 40 heavy (non-hydrogen) atoms. The van der Waals surface area contributed by atoms with E-state index in [9.17, 15) is 24.3 Å². The van der Waals surface area contributed by atoms with Crippen LogP contribution in [-0.2, 0) is 53.2 Å². The van der Waals surface area contributed by atoms with E-state index in [-0.39, 0.29) is 25.4 Å². The molecule has 3 aromatic rings. The zero-order valence-corrected chi connectivity index (χ0v) is 22.2. The van der Waals surface area contributed by atoms with Crippen molar-refractivity contribution in [1.29, 1.82) is 0 Å². The molecule has 210 valence electrons. The Kier molecular flexibility index (Phi) is 12.8. The largest absolute Gasteiger partial charge is 0.478 e. The van der Waals surface area contributed by atoms with Crippen molar-refractivity contribution in [3.63, 3.8) is 0 Å². The van der Waals surface area contributed by atoms with Gasteiger partial charge in [0.1, 0.15) is 19.8 Å². The van der Waals surface area contributed by atoms with Crippen LogP contribution >= 0.6 is 0 Å². The molecular formula is C31H32O9. The summed E-state index contributed by atoms with van der Waals surface area (Å²) in [5, 5.41) is 18.9. The van der Waals surface area contributed by atoms with E-state index in [1.807, 2.05) is 18.2 Å². The van der Waals surface area contributed by atoms with Crippen molar-refractivity contribution in [2.75, 3.05) is 0 Å². The van der Waals surface area contributed by atoms with Gasteiger partial charge in [0.25, 0.3) is 0 Å². The first-order valence-electron chi connectivity index (χ1n) is 12.3. The number of esters is 3. The molecule has 0 heterocycles. The zero-order chi connectivity index (χ0) is 29.4. The second kappa shape index (κ2) is 16.3. The predicted octanol–water partition coefficient (Wildman–Crippen LogP) is 4.38. The third-order valence-electron chi connectivity index (χ3n) is 5.32. The SMILES string of the molecule is C=C(C)C(=O)O.O=C(CC(O)(CC(=O)OCc1ccccc1)C(=O)OCc1ccccc1)OCc1ccccc1. The Morgan fingerprint density at radius 2 is 0.950 bits per heavy atom. The number of aliphatic carboxylic acids is 1. The standard InChI is InChI=1S/C27H26O7.C4H6O2/c28-24(32-18-21-10-4-1-5-11-21)16-27(31,26(30)34-20-23-14-8-3-9-15-23)17-25(29)33-19-22-12-6-2-7-13-22;1-3(2)4(5)6/h1-15,31H,16-20H2;1H2,2H3,(H,5,6). The summed E-state index contributed by atoms with van der Waals surface area (Å²) in [6.07, 6.45) is -1.51. The van der Waals surface area contributed by atoms with E-state index >= 15 is 0 Å². The van der Waals surface area contributed by atoms with Gasteiger partial charge in [0.05, 0.1) is 12.8 Å². The first kappa shape index (κ1) is 31.5. The van der Waals surface area contributed by atoms with E-state index in [1.165, 1.54) is 6.92 Å². The molecule has 0 aromatic heterocycles. The van der Waals surface area contributed by atoms with Gasteiger partial charge in [0.2, 0.25) is 0 Å². The van der Waals surface area contributed by atoms with Crippen LogP contribution in [0.1, 0.15) is 36.5 Å². The Balaban J connectivity index is 0.000000840. The Hall–Kier alpha value is -4.76. The van der Waals surface area contributed by atoms with Crippen molar-refractivity contribution in [2.45, 2.75) is 45.2 Å². The van der Waals surface area contributed by atoms with Crippen LogP contribution in [-0.4, -0.2) is 39.7 Å². The summed E-state index contributed by atoms with van der Waals surface area (Å²) in [7, 11) is 0. The van der Waals surface area contributed by atoms with Crippen molar-refractivity contribution < 1.29 is 43.6 Å². The number of hydrogen-bond acceptors (Lipinski definition) is 8. The summed E-state index contributed by atoms with van der Waals surface area (Å²) < 4.78 is 15.6. The van der Waals surface area contributed by atoms with Crippen molar-refractivity contribution in [1.82, 2.24) is 0 Å². The minimum Gasteiger partial charge on any atom is -0.478 e. The van der Waals surface area contributed by atoms with Crippen LogP contribution in [0.15, 0.2) is 103 Å². The fraction of sp³-hybridized carbons (Fsp3) is 0.226. The van der Waals surface area contributed by atoms with Crippen molar-refractivity contribution in [2.24, 2.45) is 0 Å². The third kappa shape index (κ3) is 11.7. The van der Waals surface area contributed by atoms with Gasteiger partial charge in [-0.25, -0.2) is 9.59 Å². The van der Waals surface area contributed by atoms with Crippen molar-refractivity contribution in [3.8, 4) is 0 Å². The van der Waals surface area contributed by atoms with E-state index in [1.54, 1.807) is 72.8 Å². The molecular weight excluding hydrogens is 516 g/mol. The highest BCUT2D eigenvalue weighted by molar-refractivity contribution is 5.90. The average Bonchev–Trinajstić information content (AvgIpc) is 2.95. The molecule has 0 fully saturated rings. The summed E-state index contributed by atoms with van der Waals surface area (Å²) in [6, 6.07) is 26.8. The molecule has 3 aromatic carbocycles. The van der Waals surface area contributed by atoms with Gasteiger partial charge in [0, 0.05) is 5.57 Å². The number of rotatable bonds is 12. The monoisotopic (exact) mass is 548 g/mol. The molecule has 0 aliphatic carbocycles. The van der Waals surface area contributed by atoms with Crippen LogP contribution in [0.3, 0.4) is 0 Å². The van der Waals surface area contributed by atoms with Gasteiger partial charge in [-0.05, 0) is 23.6 Å². The average molecular weight is 549 g/mol. The topological polar surface area (TPSA) is 136 Å². The molecule has 9 heteroatoms. The molecule has 9 nitrogen and oxygen atoms in total. The van der Waals surface area contributed by atoms with Crippen LogP contribution < -0.4 is 0 Å². The first-order valence-corrected chi connectivity index (χ1v) is 12.3. The Bertz CT molecular complexity index is 1190. The van der Waals surface area contributed by atoms with Crippen LogP contribution in [0.5, 0.6) is 0 Å². The summed E-state index contributed by atoms with van der Waals surface area (Å²) in [6.45, 7) is 4.41. The van der Waals surface area contributed by atoms with Gasteiger partial charge in [-0.15, -0.1) is 0 Å². The van der Waals surface area contributed by atoms with E-state index < -0.39 is 42.3 Å². The van der Waals surface area contributed by atoms with Crippen LogP contribution in [0.4, 0.5) is 0 Å². The molecule has 0 atom stereocenters. The number of carboxylic acid groups (broad SMARTS) is 1. The third-order valence-corrected chi connectivity index (χ3v) is 5.32. The highest BCUT2D eigenvalue weighted by Gasteiger charge is 2.43. The molecule has 3 rings (SSSR count). The predicted molar refractivity (Wildman–Crippen MR) is 145 cm³/mol. The lowest BCUT2D eigenvalue weighted by Gasteiger charge is -2.24. The second-order valence-electron chi connectivity index (χ2n) is 8.82. The van der Waals surface area contributed by atoms with Crippen molar-refractivity contribution >= 4 is 23.9 Å². The smallest absolute Gasteiger partial charge is 0.339 e. The Morgan fingerprint density at radius 3 is 1.25 bits per heavy atom. The fourth-order valence-corrected chi connectivity index (χ4v) is 3.12. The summed E-state index contributed by atoms with van der Waals surface area (Å²) in [5.41, 5.74) is -0.0794. The molecule has 0 spiro atoms. The molecule has 0 aliphatic rings. The molecule has 0 saturated heterocycles. The molecule has 0 amide bonds. The highest BCUT2D eigenvalue weighted by atomic mass is 16.6. The van der Waals surface area contributed by atoms with E-state index in [0.29, 0.717) is 5.56 Å². The van der Waals surface area contributed by atoms with Crippen LogP contribution in [0, 0.1) is 0 Å². The minimum atomic E-state index is -2.43. The van der Waals surface area contributed by atoms with Crippen LogP contribution in [0.25, 0.3) is 0 Å². The number of aliphatic hydroxyl groups is 1. The van der Waals surface area contributed by atoms with Crippen LogP contribution in [0.2, 0.25) is 0 Å². The lowest BCUT2D eigenvalue weighted by atomic mass is 9.95. The van der Waals surface area contributed by atoms with Gasteiger partial charge >= 0.3 is 23.9 Å². The maximum Gasteiger partial charge on any atom is 0.339 e. The first-order chi connectivity index (χ1) is 19.1. The van der Waals surface area contributed by atoms with Gasteiger partial charge in [0.15, 0.2) is 5.60 Å². The fourth-order valence-electron chi connectivity index (χ4n) is 3.12. The molecule has 0 radical (unpaired) electrons. The van der Waals surface area contributed by atoms with Gasteiger partial charge in [-0.2, -0.15) is 0 Å². The van der Waals surface area contributed by atoms with E-state index in [0.717, 1.165) is 11.1 Å². The number of carbonyl (C=O) groups is 4. The minimum absolute atomic E-state index is 0.0345. The van der Waals surface area contributed by atoms with Gasteiger partial charge in [-0.3, -0.25) is 9.59 Å². The van der Waals surface area contributed by atoms with E-state index in [2.05, 4.69) is 6.58 Å². The van der Waals surface area contributed by atoms with Gasteiger partial charge in [-0.1, -0.05) is 97.6 Å². The Morgan fingerprint density at radius 1 is 0.650 bits per heavy atom. The summed E-state index contributed by atoms with van der Waals surface area (Å²) >= 11 is 0. The Labute approximate surface area is 232 Å². The molecule has 0 saturated carbocycles. The summed E-state index contributed by atoms with van der Waals surface area (Å²) in [5.74, 6) is -3.74. The maximum absolute atomic E-state index is 12.8. The highest BCUT2D eigenvalue weighted by Crippen LogP contribution is 2.21. The quantitative estimate of drug-likeness (QED) is 0.192. The normalized spacial score (nSPS) is 10.3.